The molecule has 3 rings (SSSR count). The molecule has 0 aliphatic rings. The van der Waals surface area contributed by atoms with Gasteiger partial charge in [-0.3, -0.25) is 9.89 Å². The van der Waals surface area contributed by atoms with Crippen LogP contribution in [0.15, 0.2) is 36.5 Å². The number of rotatable bonds is 6. The highest BCUT2D eigenvalue weighted by molar-refractivity contribution is 6.37. The Morgan fingerprint density at radius 3 is 2.45 bits per heavy atom. The Hall–Kier alpha value is -2.98. The summed E-state index contributed by atoms with van der Waals surface area (Å²) in [6.07, 6.45) is -3.06. The minimum Gasteiger partial charge on any atom is -0.422 e. The second kappa shape index (κ2) is 9.03. The maximum absolute atomic E-state index is 12.8. The number of nitrogens with one attached hydrogen (secondary N) is 1. The molecule has 0 radical (unpaired) electrons. The molecule has 12 heteroatoms. The van der Waals surface area contributed by atoms with Crippen LogP contribution in [-0.4, -0.2) is 33.7 Å². The molecule has 3 aromatic rings. The molecule has 0 fully saturated rings. The fourth-order valence-electron chi connectivity index (χ4n) is 2.53. The number of fused-ring (bicyclic) bond motifs is 1. The number of ether oxygens (including phenoxy) is 1. The number of H-pyrrole nitrogens is 1. The van der Waals surface area contributed by atoms with Crippen LogP contribution in [0.1, 0.15) is 18.9 Å². The van der Waals surface area contributed by atoms with Gasteiger partial charge in [-0.1, -0.05) is 30.1 Å². The lowest BCUT2D eigenvalue weighted by molar-refractivity contribution is -0.165. The molecule has 1 heterocycles. The second-order valence-electron chi connectivity index (χ2n) is 6.24. The molecule has 2 aromatic carbocycles. The average Bonchev–Trinajstić information content (AvgIpc) is 3.16. The molecule has 0 aliphatic carbocycles. The maximum Gasteiger partial charge on any atom is 0.416 e. The molecule has 0 atom stereocenters. The van der Waals surface area contributed by atoms with E-state index in [2.05, 4.69) is 10.2 Å². The van der Waals surface area contributed by atoms with Crippen LogP contribution < -0.4 is 9.57 Å². The van der Waals surface area contributed by atoms with E-state index in [1.54, 1.807) is 31.3 Å². The van der Waals surface area contributed by atoms with Gasteiger partial charge in [0, 0.05) is 17.9 Å². The number of carbonyl (C=O) groups excluding carboxylic acids is 2. The van der Waals surface area contributed by atoms with Gasteiger partial charge in [0.1, 0.15) is 0 Å². The number of aromatic amines is 1. The number of esters is 1. The van der Waals surface area contributed by atoms with Gasteiger partial charge in [-0.15, -0.1) is 0 Å². The lowest BCUT2D eigenvalue weighted by atomic mass is 10.2. The highest BCUT2D eigenvalue weighted by Gasteiger charge is 2.32. The molecule has 164 valence electrons. The summed E-state index contributed by atoms with van der Waals surface area (Å²) >= 11 is 11.6. The van der Waals surface area contributed by atoms with Gasteiger partial charge in [0.05, 0.1) is 27.3 Å². The van der Waals surface area contributed by atoms with Gasteiger partial charge in [0.25, 0.3) is 5.91 Å². The van der Waals surface area contributed by atoms with E-state index in [0.717, 1.165) is 10.4 Å². The van der Waals surface area contributed by atoms with Gasteiger partial charge in [0.2, 0.25) is 0 Å². The number of halogens is 5. The number of alkyl halides is 3. The van der Waals surface area contributed by atoms with E-state index in [-0.39, 0.29) is 12.2 Å². The zero-order valence-electron chi connectivity index (χ0n) is 15.8. The van der Waals surface area contributed by atoms with Crippen LogP contribution in [0.4, 0.5) is 13.2 Å². The number of carbonyl (C=O) groups is 2. The molecule has 0 saturated carbocycles. The monoisotopic (exact) mass is 475 g/mol. The summed E-state index contributed by atoms with van der Waals surface area (Å²) < 4.78 is 43.5. The molecular weight excluding hydrogens is 462 g/mol. The fraction of sp³-hybridized carbons (Fsp3) is 0.211. The van der Waals surface area contributed by atoms with E-state index in [4.69, 9.17) is 32.8 Å². The molecule has 1 aromatic heterocycles. The zero-order valence-corrected chi connectivity index (χ0v) is 17.3. The first-order chi connectivity index (χ1) is 14.6. The van der Waals surface area contributed by atoms with E-state index in [1.165, 1.54) is 0 Å². The topological polar surface area (TPSA) is 84.5 Å². The van der Waals surface area contributed by atoms with Crippen molar-refractivity contribution >= 4 is 46.0 Å². The van der Waals surface area contributed by atoms with Crippen molar-refractivity contribution in [2.45, 2.75) is 19.5 Å². The van der Waals surface area contributed by atoms with Crippen LogP contribution in [0, 0.1) is 0 Å². The molecule has 1 amide bonds. The SMILES string of the molecule is CCC(=O)N(CC(=O)Oc1c(Cl)cc(C(F)(F)F)cc1Cl)Oc1ccc2cn[nH]c2c1. The highest BCUT2D eigenvalue weighted by Crippen LogP contribution is 2.40. The number of hydrogen-bond acceptors (Lipinski definition) is 5. The normalized spacial score (nSPS) is 11.4. The number of nitrogens with zero attached hydrogens (tertiary/aromatic N) is 2. The molecule has 0 saturated heterocycles. The Kier molecular flexibility index (Phi) is 6.61. The van der Waals surface area contributed by atoms with Crippen molar-refractivity contribution in [3.63, 3.8) is 0 Å². The third-order valence-corrected chi connectivity index (χ3v) is 4.59. The molecule has 31 heavy (non-hydrogen) atoms. The summed E-state index contributed by atoms with van der Waals surface area (Å²) in [5.74, 6) is -1.76. The maximum atomic E-state index is 12.8. The lowest BCUT2D eigenvalue weighted by Gasteiger charge is -2.21. The smallest absolute Gasteiger partial charge is 0.416 e. The largest absolute Gasteiger partial charge is 0.422 e. The van der Waals surface area contributed by atoms with Gasteiger partial charge >= 0.3 is 12.1 Å². The van der Waals surface area contributed by atoms with Gasteiger partial charge in [-0.2, -0.15) is 23.3 Å². The molecule has 0 spiro atoms. The molecular formula is C19H14Cl2F3N3O4. The standard InChI is InChI=1S/C19H14Cl2F3N3O4/c1-2-16(28)27(31-12-4-3-10-8-25-26-15(10)7-12)9-17(29)30-18-13(20)5-11(6-14(18)21)19(22,23)24/h3-8H,2,9H2,1H3,(H,25,26). The molecule has 7 nitrogen and oxygen atoms in total. The van der Waals surface area contributed by atoms with Crippen LogP contribution >= 0.6 is 23.2 Å². The third kappa shape index (κ3) is 5.39. The Balaban J connectivity index is 1.76. The number of amides is 1. The fourth-order valence-corrected chi connectivity index (χ4v) is 3.10. The summed E-state index contributed by atoms with van der Waals surface area (Å²) in [4.78, 5) is 30.0. The van der Waals surface area contributed by atoms with Crippen molar-refractivity contribution in [1.29, 1.82) is 0 Å². The average molecular weight is 476 g/mol. The molecule has 0 bridgehead atoms. The first kappa shape index (κ1) is 22.7. The van der Waals surface area contributed by atoms with Gasteiger partial charge in [-0.05, 0) is 24.3 Å². The van der Waals surface area contributed by atoms with E-state index in [9.17, 15) is 22.8 Å². The van der Waals surface area contributed by atoms with Crippen LogP contribution in [0.25, 0.3) is 10.9 Å². The van der Waals surface area contributed by atoms with Crippen LogP contribution in [0.5, 0.6) is 11.5 Å². The molecule has 1 N–H and O–H groups in total. The number of hydrogen-bond donors (Lipinski definition) is 1. The third-order valence-electron chi connectivity index (χ3n) is 4.02. The Bertz CT molecular complexity index is 1110. The van der Waals surface area contributed by atoms with E-state index < -0.39 is 46.0 Å². The Morgan fingerprint density at radius 2 is 1.84 bits per heavy atom. The summed E-state index contributed by atoms with van der Waals surface area (Å²) in [6, 6.07) is 6.01. The van der Waals surface area contributed by atoms with E-state index in [1.807, 2.05) is 0 Å². The Morgan fingerprint density at radius 1 is 1.16 bits per heavy atom. The van der Waals surface area contributed by atoms with Gasteiger partial charge in [-0.25, -0.2) is 4.79 Å². The van der Waals surface area contributed by atoms with E-state index in [0.29, 0.717) is 17.6 Å². The van der Waals surface area contributed by atoms with Crippen molar-refractivity contribution in [3.8, 4) is 11.5 Å². The summed E-state index contributed by atoms with van der Waals surface area (Å²) in [7, 11) is 0. The minimum absolute atomic E-state index is 0.0153. The van der Waals surface area contributed by atoms with Crippen LogP contribution in [-0.2, 0) is 15.8 Å². The molecule has 0 unspecified atom stereocenters. The number of benzene rings is 2. The van der Waals surface area contributed by atoms with Gasteiger partial charge < -0.3 is 9.57 Å². The Labute approximate surface area is 183 Å². The minimum atomic E-state index is -4.68. The predicted molar refractivity (Wildman–Crippen MR) is 106 cm³/mol. The van der Waals surface area contributed by atoms with Crippen molar-refractivity contribution < 1.29 is 32.3 Å². The van der Waals surface area contributed by atoms with Crippen LogP contribution in [0.2, 0.25) is 10.0 Å². The van der Waals surface area contributed by atoms with Crippen LogP contribution in [0.3, 0.4) is 0 Å². The van der Waals surface area contributed by atoms with Crippen molar-refractivity contribution in [2.24, 2.45) is 0 Å². The lowest BCUT2D eigenvalue weighted by Crippen LogP contribution is -2.39. The summed E-state index contributed by atoms with van der Waals surface area (Å²) in [5.41, 5.74) is -0.449. The predicted octanol–water partition coefficient (Wildman–Crippen LogP) is 5.03. The highest BCUT2D eigenvalue weighted by atomic mass is 35.5. The van der Waals surface area contributed by atoms with Gasteiger partial charge in [0.15, 0.2) is 18.0 Å². The number of aromatic nitrogens is 2. The first-order valence-corrected chi connectivity index (χ1v) is 9.52. The second-order valence-corrected chi connectivity index (χ2v) is 7.05. The van der Waals surface area contributed by atoms with E-state index >= 15 is 0 Å². The quantitative estimate of drug-likeness (QED) is 0.307. The summed E-state index contributed by atoms with van der Waals surface area (Å²) in [5, 5.41) is 7.19. The van der Waals surface area contributed by atoms with Crippen molar-refractivity contribution in [1.82, 2.24) is 15.3 Å². The first-order valence-electron chi connectivity index (χ1n) is 8.77. The molecule has 0 aliphatic heterocycles. The number of hydroxylamine groups is 2. The zero-order chi connectivity index (χ0) is 22.8. The van der Waals surface area contributed by atoms with Crippen molar-refractivity contribution in [3.05, 3.63) is 52.1 Å². The van der Waals surface area contributed by atoms with Crippen molar-refractivity contribution in [2.75, 3.05) is 6.54 Å². The summed E-state index contributed by atoms with van der Waals surface area (Å²) in [6.45, 7) is 0.896.